The Balaban J connectivity index is 0.000000220. The van der Waals surface area contributed by atoms with E-state index >= 15 is 0 Å². The summed E-state index contributed by atoms with van der Waals surface area (Å²) < 4.78 is 15.6. The normalized spacial score (nSPS) is 16.1. The number of ether oxygens (including phenoxy) is 3. The molecular formula is C34H53N15O7S6. The number of nitrogens with zero attached hydrogens (tertiary/aromatic N) is 11. The maximum atomic E-state index is 12.2. The number of nitrogens with one attached hydrogen (secondary N) is 2. The van der Waals surface area contributed by atoms with Crippen LogP contribution in [0.5, 0.6) is 0 Å². The molecule has 7 N–H and O–H groups in total. The predicted octanol–water partition coefficient (Wildman–Crippen LogP) is 0.925. The van der Waals surface area contributed by atoms with E-state index in [2.05, 4.69) is 61.2 Å². The third-order valence-electron chi connectivity index (χ3n) is 8.64. The number of anilines is 4. The van der Waals surface area contributed by atoms with Crippen LogP contribution < -0.4 is 22.1 Å². The van der Waals surface area contributed by atoms with Crippen LogP contribution in [0, 0.1) is 0 Å². The number of nitrogen functional groups attached to an aromatic ring is 2. The van der Waals surface area contributed by atoms with Gasteiger partial charge in [0, 0.05) is 65.0 Å². The number of amides is 2. The van der Waals surface area contributed by atoms with Gasteiger partial charge < -0.3 is 30.8 Å². The van der Waals surface area contributed by atoms with Crippen LogP contribution in [-0.4, -0.2) is 200 Å². The maximum absolute atomic E-state index is 12.2. The van der Waals surface area contributed by atoms with Gasteiger partial charge in [-0.25, -0.2) is 0 Å². The van der Waals surface area contributed by atoms with E-state index in [-0.39, 0.29) is 18.4 Å². The van der Waals surface area contributed by atoms with E-state index in [1.54, 1.807) is 11.8 Å². The van der Waals surface area contributed by atoms with Gasteiger partial charge in [-0.3, -0.25) is 39.7 Å². The van der Waals surface area contributed by atoms with Crippen LogP contribution >= 0.6 is 68.9 Å². The Morgan fingerprint density at radius 1 is 0.516 bits per heavy atom. The van der Waals surface area contributed by atoms with E-state index in [1.807, 2.05) is 16.7 Å². The third-order valence-corrected chi connectivity index (χ3v) is 14.0. The second-order valence-electron chi connectivity index (χ2n) is 13.5. The monoisotopic (exact) mass is 975 g/mol. The highest BCUT2D eigenvalue weighted by molar-refractivity contribution is 7.99. The Kier molecular flexibility index (Phi) is 22.8. The van der Waals surface area contributed by atoms with Crippen LogP contribution in [0.3, 0.4) is 0 Å². The SMILES string of the molecule is Nc1nnc(CCSCCc2nnc(N)s2)s1.O=C(CN1CCOCC1)Nc1nnc(CCSCCc2nnc(NC(=O)CN3CCOCC3)s2)s1.O=C(O)CN1CCOCC1. The fraction of sp³-hybridized carbons (Fsp3) is 0.676. The van der Waals surface area contributed by atoms with Crippen molar-refractivity contribution in [3.05, 3.63) is 20.0 Å². The number of rotatable bonds is 20. The first-order chi connectivity index (χ1) is 30.2. The molecule has 0 aromatic carbocycles. The summed E-state index contributed by atoms with van der Waals surface area (Å²) in [5.74, 6) is 2.93. The van der Waals surface area contributed by atoms with E-state index in [0.29, 0.717) is 73.3 Å². The number of aryl methyl sites for hydroxylation is 4. The molecule has 7 rings (SSSR count). The fourth-order valence-corrected chi connectivity index (χ4v) is 10.6. The number of hydrogen-bond acceptors (Lipinski definition) is 25. The minimum Gasteiger partial charge on any atom is -0.480 e. The molecule has 4 aromatic rings. The predicted molar refractivity (Wildman–Crippen MR) is 245 cm³/mol. The van der Waals surface area contributed by atoms with Crippen molar-refractivity contribution < 1.29 is 33.7 Å². The van der Waals surface area contributed by atoms with Crippen LogP contribution in [0.25, 0.3) is 0 Å². The third kappa shape index (κ3) is 20.5. The van der Waals surface area contributed by atoms with Crippen LogP contribution in [0.1, 0.15) is 20.0 Å². The Morgan fingerprint density at radius 2 is 0.839 bits per heavy atom. The zero-order valence-corrected chi connectivity index (χ0v) is 39.1. The number of nitrogens with two attached hydrogens (primary N) is 2. The molecule has 3 aliphatic heterocycles. The number of carbonyl (C=O) groups excluding carboxylic acids is 2. The molecule has 0 spiro atoms. The van der Waals surface area contributed by atoms with E-state index < -0.39 is 5.97 Å². The summed E-state index contributed by atoms with van der Waals surface area (Å²) in [6.07, 6.45) is 3.41. The van der Waals surface area contributed by atoms with Gasteiger partial charge in [0.05, 0.1) is 59.3 Å². The highest BCUT2D eigenvalue weighted by Gasteiger charge is 2.18. The molecular weight excluding hydrogens is 923 g/mol. The Morgan fingerprint density at radius 3 is 1.16 bits per heavy atom. The van der Waals surface area contributed by atoms with Crippen molar-refractivity contribution >= 4 is 107 Å². The lowest BCUT2D eigenvalue weighted by Gasteiger charge is -2.25. The molecule has 0 atom stereocenters. The van der Waals surface area contributed by atoms with Gasteiger partial charge in [-0.1, -0.05) is 45.3 Å². The van der Waals surface area contributed by atoms with Gasteiger partial charge in [-0.05, 0) is 23.0 Å². The van der Waals surface area contributed by atoms with Crippen molar-refractivity contribution in [1.29, 1.82) is 0 Å². The molecule has 4 aromatic heterocycles. The smallest absolute Gasteiger partial charge is 0.317 e. The average Bonchev–Trinajstić information content (AvgIpc) is 4.09. The lowest BCUT2D eigenvalue weighted by Crippen LogP contribution is -2.41. The summed E-state index contributed by atoms with van der Waals surface area (Å²) in [5.41, 5.74) is 11.0. The molecule has 3 saturated heterocycles. The summed E-state index contributed by atoms with van der Waals surface area (Å²) >= 11 is 9.40. The van der Waals surface area contributed by atoms with Crippen LogP contribution in [-0.2, 0) is 54.3 Å². The number of aliphatic carboxylic acids is 1. The summed E-state index contributed by atoms with van der Waals surface area (Å²) in [7, 11) is 0. The van der Waals surface area contributed by atoms with Crippen molar-refractivity contribution in [2.45, 2.75) is 25.7 Å². The summed E-state index contributed by atoms with van der Waals surface area (Å²) in [5, 5.41) is 52.0. The van der Waals surface area contributed by atoms with Crippen molar-refractivity contribution in [3.8, 4) is 0 Å². The van der Waals surface area contributed by atoms with E-state index in [0.717, 1.165) is 108 Å². The maximum Gasteiger partial charge on any atom is 0.317 e. The molecule has 2 amide bonds. The van der Waals surface area contributed by atoms with Gasteiger partial charge in [-0.2, -0.15) is 23.5 Å². The van der Waals surface area contributed by atoms with Gasteiger partial charge in [0.25, 0.3) is 0 Å². The molecule has 22 nitrogen and oxygen atoms in total. The molecule has 7 heterocycles. The van der Waals surface area contributed by atoms with E-state index in [1.165, 1.54) is 45.3 Å². The molecule has 62 heavy (non-hydrogen) atoms. The molecule has 0 bridgehead atoms. The second kappa shape index (κ2) is 28.5. The van der Waals surface area contributed by atoms with Gasteiger partial charge in [-0.15, -0.1) is 40.8 Å². The zero-order chi connectivity index (χ0) is 43.8. The van der Waals surface area contributed by atoms with Gasteiger partial charge in [0.1, 0.15) is 20.0 Å². The van der Waals surface area contributed by atoms with Crippen LogP contribution in [0.15, 0.2) is 0 Å². The zero-order valence-electron chi connectivity index (χ0n) is 34.2. The van der Waals surface area contributed by atoms with Crippen LogP contribution in [0.4, 0.5) is 20.5 Å². The largest absolute Gasteiger partial charge is 0.480 e. The quantitative estimate of drug-likeness (QED) is 0.0770. The number of carbonyl (C=O) groups is 3. The second-order valence-corrected chi connectivity index (χ2v) is 20.2. The van der Waals surface area contributed by atoms with Crippen molar-refractivity contribution in [3.63, 3.8) is 0 Å². The summed E-state index contributed by atoms with van der Waals surface area (Å²) in [4.78, 5) is 40.5. The highest BCUT2D eigenvalue weighted by Crippen LogP contribution is 2.21. The molecule has 0 unspecified atom stereocenters. The average molecular weight is 976 g/mol. The summed E-state index contributed by atoms with van der Waals surface area (Å²) in [6.45, 7) is 9.39. The summed E-state index contributed by atoms with van der Waals surface area (Å²) in [6, 6.07) is 0. The van der Waals surface area contributed by atoms with E-state index in [9.17, 15) is 14.4 Å². The molecule has 0 aliphatic carbocycles. The minimum absolute atomic E-state index is 0.0716. The molecule has 342 valence electrons. The first-order valence-corrected chi connectivity index (χ1v) is 25.4. The Bertz CT molecular complexity index is 1790. The minimum atomic E-state index is -0.762. The molecule has 3 aliphatic rings. The van der Waals surface area contributed by atoms with Gasteiger partial charge in [0.15, 0.2) is 0 Å². The number of carboxylic acid groups (broad SMARTS) is 1. The number of thioether (sulfide) groups is 2. The van der Waals surface area contributed by atoms with E-state index in [4.69, 9.17) is 30.8 Å². The number of morpholine rings is 3. The standard InChI is InChI=1S/C20H30N8O4S3.C8H12N6S3.C6H11NO3/c29-15(13-27-3-7-31-8-4-27)21-19-25-23-17(34-19)1-11-33-12-2-18-24-26-20(35-18)22-16(30)14-28-5-9-32-10-6-28;9-7-13-11-5(16-7)1-3-15-4-2-6-12-14-8(10)17-6;8-6(9)5-7-1-3-10-4-2-7/h1-14H2,(H,21,25,29)(H,22,26,30);1-4H2,(H2,9,13)(H2,10,14);1-5H2,(H,8,9). The molecule has 0 radical (unpaired) electrons. The number of hydrogen-bond donors (Lipinski definition) is 5. The topological polar surface area (TPSA) is 288 Å². The Hall–Kier alpha value is -3.29. The lowest BCUT2D eigenvalue weighted by molar-refractivity contribution is -0.139. The fourth-order valence-electron chi connectivity index (χ4n) is 5.58. The lowest BCUT2D eigenvalue weighted by atomic mass is 10.4. The van der Waals surface area contributed by atoms with Crippen molar-refractivity contribution in [2.24, 2.45) is 0 Å². The molecule has 28 heteroatoms. The molecule has 0 saturated carbocycles. The Labute approximate surface area is 383 Å². The van der Waals surface area contributed by atoms with Gasteiger partial charge >= 0.3 is 5.97 Å². The van der Waals surface area contributed by atoms with Crippen molar-refractivity contribution in [2.75, 3.05) is 144 Å². The van der Waals surface area contributed by atoms with Crippen molar-refractivity contribution in [1.82, 2.24) is 55.5 Å². The van der Waals surface area contributed by atoms with Crippen LogP contribution in [0.2, 0.25) is 0 Å². The highest BCUT2D eigenvalue weighted by atomic mass is 32.2. The first-order valence-electron chi connectivity index (χ1n) is 19.8. The number of carboxylic acids is 1. The first kappa shape index (κ1) is 49.7. The van der Waals surface area contributed by atoms with Gasteiger partial charge in [0.2, 0.25) is 32.3 Å². The number of aromatic nitrogens is 8. The molecule has 3 fully saturated rings.